The molecule has 2 aliphatic rings. The van der Waals surface area contributed by atoms with E-state index in [1.165, 1.54) is 5.56 Å². The summed E-state index contributed by atoms with van der Waals surface area (Å²) in [5, 5.41) is 3.03. The Labute approximate surface area is 107 Å². The van der Waals surface area contributed by atoms with Crippen molar-refractivity contribution in [1.29, 1.82) is 0 Å². The van der Waals surface area contributed by atoms with E-state index in [2.05, 4.69) is 29.3 Å². The van der Waals surface area contributed by atoms with Gasteiger partial charge in [0.1, 0.15) is 6.04 Å². The van der Waals surface area contributed by atoms with Crippen LogP contribution in [-0.2, 0) is 4.79 Å². The molecule has 2 atom stereocenters. The number of carbonyl (C=O) groups is 1. The number of nitrogens with one attached hydrogen (secondary N) is 1. The third-order valence-electron chi connectivity index (χ3n) is 4.06. The molecular weight excluding hydrogens is 226 g/mol. The smallest absolute Gasteiger partial charge is 0.246 e. The van der Waals surface area contributed by atoms with Crippen LogP contribution in [0.3, 0.4) is 0 Å². The van der Waals surface area contributed by atoms with E-state index >= 15 is 0 Å². The van der Waals surface area contributed by atoms with Gasteiger partial charge in [-0.15, -0.1) is 0 Å². The first-order valence-electron chi connectivity index (χ1n) is 6.48. The molecule has 4 nitrogen and oxygen atoms in total. The number of aryl methyl sites for hydroxylation is 2. The van der Waals surface area contributed by atoms with E-state index in [9.17, 15) is 4.79 Å². The molecule has 2 unspecified atom stereocenters. The molecule has 1 aromatic carbocycles. The van der Waals surface area contributed by atoms with Crippen molar-refractivity contribution >= 4 is 11.6 Å². The van der Waals surface area contributed by atoms with E-state index in [1.807, 2.05) is 6.92 Å². The summed E-state index contributed by atoms with van der Waals surface area (Å²) < 4.78 is 0. The van der Waals surface area contributed by atoms with Crippen molar-refractivity contribution < 1.29 is 4.79 Å². The summed E-state index contributed by atoms with van der Waals surface area (Å²) in [4.78, 5) is 14.4. The Kier molecular flexibility index (Phi) is 2.64. The van der Waals surface area contributed by atoms with Gasteiger partial charge in [-0.2, -0.15) is 0 Å². The number of anilines is 1. The van der Waals surface area contributed by atoms with Gasteiger partial charge in [0.05, 0.1) is 0 Å². The molecule has 0 aromatic heterocycles. The second kappa shape index (κ2) is 4.07. The zero-order chi connectivity index (χ0) is 12.9. The molecule has 0 aliphatic carbocycles. The topological polar surface area (TPSA) is 58.4 Å². The van der Waals surface area contributed by atoms with Gasteiger partial charge in [-0.05, 0) is 31.4 Å². The largest absolute Gasteiger partial charge is 0.326 e. The van der Waals surface area contributed by atoms with Crippen LogP contribution in [0.5, 0.6) is 0 Å². The van der Waals surface area contributed by atoms with Crippen LogP contribution < -0.4 is 11.1 Å². The molecule has 0 saturated carbocycles. The van der Waals surface area contributed by atoms with Crippen molar-refractivity contribution in [2.45, 2.75) is 32.4 Å². The molecule has 1 fully saturated rings. The lowest BCUT2D eigenvalue weighted by Gasteiger charge is -2.23. The molecule has 2 heterocycles. The number of carbonyl (C=O) groups excluding carboxylic acids is 1. The minimum absolute atomic E-state index is 0.0940. The predicted molar refractivity (Wildman–Crippen MR) is 71.5 cm³/mol. The zero-order valence-electron chi connectivity index (χ0n) is 10.9. The maximum atomic E-state index is 12.2. The van der Waals surface area contributed by atoms with Gasteiger partial charge in [0.2, 0.25) is 5.91 Å². The second-order valence-electron chi connectivity index (χ2n) is 5.42. The minimum Gasteiger partial charge on any atom is -0.326 e. The van der Waals surface area contributed by atoms with Gasteiger partial charge in [0.15, 0.2) is 0 Å². The highest BCUT2D eigenvalue weighted by Gasteiger charge is 2.39. The maximum Gasteiger partial charge on any atom is 0.246 e. The average molecular weight is 245 g/mol. The van der Waals surface area contributed by atoms with Crippen LogP contribution >= 0.6 is 0 Å². The Bertz CT molecular complexity index is 512. The Morgan fingerprint density at radius 2 is 2.06 bits per heavy atom. The van der Waals surface area contributed by atoms with Crippen molar-refractivity contribution in [2.24, 2.45) is 5.73 Å². The molecule has 1 aromatic rings. The van der Waals surface area contributed by atoms with Crippen LogP contribution in [0.15, 0.2) is 12.1 Å². The Morgan fingerprint density at radius 3 is 2.72 bits per heavy atom. The quantitative estimate of drug-likeness (QED) is 0.784. The van der Waals surface area contributed by atoms with Gasteiger partial charge in [-0.25, -0.2) is 0 Å². The van der Waals surface area contributed by atoms with Crippen LogP contribution in [0.1, 0.15) is 29.2 Å². The highest BCUT2D eigenvalue weighted by molar-refractivity contribution is 6.03. The summed E-state index contributed by atoms with van der Waals surface area (Å²) >= 11 is 0. The fourth-order valence-corrected chi connectivity index (χ4v) is 3.07. The molecule has 1 saturated heterocycles. The van der Waals surface area contributed by atoms with Gasteiger partial charge in [0, 0.05) is 30.4 Å². The number of hydrogen-bond acceptors (Lipinski definition) is 3. The summed E-state index contributed by atoms with van der Waals surface area (Å²) in [5.41, 5.74) is 10.4. The molecule has 3 N–H and O–H groups in total. The molecular formula is C14H19N3O. The van der Waals surface area contributed by atoms with Crippen molar-refractivity contribution in [2.75, 3.05) is 18.4 Å². The van der Waals surface area contributed by atoms with E-state index in [1.54, 1.807) is 0 Å². The van der Waals surface area contributed by atoms with Crippen LogP contribution in [0.25, 0.3) is 0 Å². The average Bonchev–Trinajstić information content (AvgIpc) is 2.88. The number of hydrogen-bond donors (Lipinski definition) is 2. The molecule has 4 heteroatoms. The van der Waals surface area contributed by atoms with Gasteiger partial charge >= 0.3 is 0 Å². The number of nitrogens with zero attached hydrogens (tertiary/aromatic N) is 1. The minimum atomic E-state index is -0.145. The number of benzene rings is 1. The lowest BCUT2D eigenvalue weighted by Crippen LogP contribution is -2.34. The second-order valence-corrected chi connectivity index (χ2v) is 5.42. The van der Waals surface area contributed by atoms with E-state index < -0.39 is 0 Å². The summed E-state index contributed by atoms with van der Waals surface area (Å²) in [5.74, 6) is 0.0940. The molecule has 0 bridgehead atoms. The van der Waals surface area contributed by atoms with Crippen molar-refractivity contribution in [3.05, 3.63) is 28.8 Å². The van der Waals surface area contributed by atoms with Gasteiger partial charge < -0.3 is 11.1 Å². The third-order valence-corrected chi connectivity index (χ3v) is 4.06. The first kappa shape index (κ1) is 11.7. The number of nitrogens with two attached hydrogens (primary N) is 1. The SMILES string of the molecule is Cc1ccc(C)c2c1NC(=O)C2N1CCC(N)C1. The van der Waals surface area contributed by atoms with Crippen molar-refractivity contribution in [1.82, 2.24) is 4.90 Å². The highest BCUT2D eigenvalue weighted by atomic mass is 16.2. The lowest BCUT2D eigenvalue weighted by atomic mass is 9.98. The molecule has 96 valence electrons. The third kappa shape index (κ3) is 1.64. The van der Waals surface area contributed by atoms with Gasteiger partial charge in [-0.3, -0.25) is 9.69 Å². The summed E-state index contributed by atoms with van der Waals surface area (Å²) in [7, 11) is 0. The Hall–Kier alpha value is -1.39. The van der Waals surface area contributed by atoms with Gasteiger partial charge in [0.25, 0.3) is 0 Å². The first-order valence-corrected chi connectivity index (χ1v) is 6.48. The van der Waals surface area contributed by atoms with E-state index in [-0.39, 0.29) is 18.0 Å². The Morgan fingerprint density at radius 1 is 1.33 bits per heavy atom. The molecule has 2 aliphatic heterocycles. The molecule has 1 amide bonds. The van der Waals surface area contributed by atoms with Crippen LogP contribution in [0.2, 0.25) is 0 Å². The monoisotopic (exact) mass is 245 g/mol. The summed E-state index contributed by atoms with van der Waals surface area (Å²) in [6.45, 7) is 5.83. The van der Waals surface area contributed by atoms with Gasteiger partial charge in [-0.1, -0.05) is 12.1 Å². The van der Waals surface area contributed by atoms with Crippen molar-refractivity contribution in [3.63, 3.8) is 0 Å². The number of rotatable bonds is 1. The summed E-state index contributed by atoms with van der Waals surface area (Å²) in [6.07, 6.45) is 0.976. The fourth-order valence-electron chi connectivity index (χ4n) is 3.07. The van der Waals surface area contributed by atoms with Crippen LogP contribution in [0.4, 0.5) is 5.69 Å². The first-order chi connectivity index (χ1) is 8.58. The Balaban J connectivity index is 2.04. The predicted octanol–water partition coefficient (Wildman–Crippen LogP) is 1.33. The zero-order valence-corrected chi connectivity index (χ0v) is 10.9. The van der Waals surface area contributed by atoms with Crippen LogP contribution in [-0.4, -0.2) is 29.9 Å². The molecule has 0 radical (unpaired) electrons. The number of likely N-dealkylation sites (tertiary alicyclic amines) is 1. The highest BCUT2D eigenvalue weighted by Crippen LogP contribution is 2.40. The number of fused-ring (bicyclic) bond motifs is 1. The molecule has 18 heavy (non-hydrogen) atoms. The lowest BCUT2D eigenvalue weighted by molar-refractivity contribution is -0.120. The summed E-state index contributed by atoms with van der Waals surface area (Å²) in [6, 6.07) is 4.21. The number of amides is 1. The van der Waals surface area contributed by atoms with E-state index in [4.69, 9.17) is 5.73 Å². The standard InChI is InChI=1S/C14H19N3O/c1-8-3-4-9(2)12-11(8)13(14(18)16-12)17-6-5-10(15)7-17/h3-4,10,13H,5-7,15H2,1-2H3,(H,16,18). The maximum absolute atomic E-state index is 12.2. The fraction of sp³-hybridized carbons (Fsp3) is 0.500. The molecule has 3 rings (SSSR count). The van der Waals surface area contributed by atoms with Crippen LogP contribution in [0, 0.1) is 13.8 Å². The van der Waals surface area contributed by atoms with E-state index in [0.29, 0.717) is 0 Å². The normalized spacial score (nSPS) is 27.4. The van der Waals surface area contributed by atoms with E-state index in [0.717, 1.165) is 36.3 Å². The van der Waals surface area contributed by atoms with Crippen molar-refractivity contribution in [3.8, 4) is 0 Å². The molecule has 0 spiro atoms.